The summed E-state index contributed by atoms with van der Waals surface area (Å²) in [4.78, 5) is 4.09. The zero-order chi connectivity index (χ0) is 11.3. The van der Waals surface area contributed by atoms with E-state index in [-0.39, 0.29) is 0 Å². The molecule has 2 heteroatoms. The molecule has 1 unspecified atom stereocenters. The van der Waals surface area contributed by atoms with Gasteiger partial charge in [-0.25, -0.2) is 0 Å². The number of rotatable bonds is 4. The van der Waals surface area contributed by atoms with Gasteiger partial charge in [-0.15, -0.1) is 0 Å². The number of hydrogen-bond donors (Lipinski definition) is 1. The molecule has 0 spiro atoms. The van der Waals surface area contributed by atoms with E-state index in [1.165, 1.54) is 5.56 Å². The van der Waals surface area contributed by atoms with Gasteiger partial charge in [0.25, 0.3) is 0 Å². The third-order valence-electron chi connectivity index (χ3n) is 2.98. The number of nitrogens with zero attached hydrogens (tertiary/aromatic N) is 1. The third kappa shape index (κ3) is 4.43. The van der Waals surface area contributed by atoms with Crippen LogP contribution in [0.5, 0.6) is 0 Å². The third-order valence-corrected chi connectivity index (χ3v) is 2.98. The molecule has 1 aromatic heterocycles. The summed E-state index contributed by atoms with van der Waals surface area (Å²) in [5, 5.41) is 3.47. The van der Waals surface area contributed by atoms with Gasteiger partial charge in [-0.05, 0) is 29.5 Å². The van der Waals surface area contributed by atoms with Crippen molar-refractivity contribution in [1.82, 2.24) is 10.3 Å². The summed E-state index contributed by atoms with van der Waals surface area (Å²) >= 11 is 0. The van der Waals surface area contributed by atoms with E-state index < -0.39 is 0 Å². The zero-order valence-electron chi connectivity index (χ0n) is 10.2. The molecule has 0 saturated heterocycles. The molecule has 0 saturated carbocycles. The fraction of sp³-hybridized carbons (Fsp3) is 0.615. The van der Waals surface area contributed by atoms with E-state index in [1.54, 1.807) is 6.20 Å². The summed E-state index contributed by atoms with van der Waals surface area (Å²) < 4.78 is 0. The van der Waals surface area contributed by atoms with Crippen molar-refractivity contribution in [2.24, 2.45) is 11.3 Å². The van der Waals surface area contributed by atoms with Gasteiger partial charge in [0.15, 0.2) is 0 Å². The minimum absolute atomic E-state index is 0.377. The molecule has 0 radical (unpaired) electrons. The summed E-state index contributed by atoms with van der Waals surface area (Å²) in [6, 6.07) is 4.08. The Kier molecular flexibility index (Phi) is 4.28. The van der Waals surface area contributed by atoms with E-state index in [9.17, 15) is 0 Å². The highest BCUT2D eigenvalue weighted by atomic mass is 14.9. The molecule has 0 aliphatic heterocycles. The van der Waals surface area contributed by atoms with Gasteiger partial charge in [0.1, 0.15) is 0 Å². The topological polar surface area (TPSA) is 24.9 Å². The summed E-state index contributed by atoms with van der Waals surface area (Å²) in [6.45, 7) is 11.1. The highest BCUT2D eigenvalue weighted by Crippen LogP contribution is 2.24. The van der Waals surface area contributed by atoms with Gasteiger partial charge >= 0.3 is 0 Å². The minimum atomic E-state index is 0.377. The Morgan fingerprint density at radius 2 is 2.13 bits per heavy atom. The predicted molar refractivity (Wildman–Crippen MR) is 64.6 cm³/mol. The van der Waals surface area contributed by atoms with Crippen molar-refractivity contribution in [2.45, 2.75) is 34.2 Å². The Morgan fingerprint density at radius 1 is 1.40 bits per heavy atom. The molecule has 1 rings (SSSR count). The molecule has 0 aliphatic carbocycles. The molecule has 0 fully saturated rings. The first-order valence-corrected chi connectivity index (χ1v) is 5.60. The Hall–Kier alpha value is -0.890. The van der Waals surface area contributed by atoms with Crippen LogP contribution in [-0.2, 0) is 6.54 Å². The van der Waals surface area contributed by atoms with Gasteiger partial charge < -0.3 is 5.32 Å². The summed E-state index contributed by atoms with van der Waals surface area (Å²) in [7, 11) is 0. The Balaban J connectivity index is 2.28. The second kappa shape index (κ2) is 5.26. The van der Waals surface area contributed by atoms with E-state index >= 15 is 0 Å². The predicted octanol–water partition coefficient (Wildman–Crippen LogP) is 2.85. The summed E-state index contributed by atoms with van der Waals surface area (Å²) in [5.41, 5.74) is 1.63. The van der Waals surface area contributed by atoms with Crippen molar-refractivity contribution in [3.8, 4) is 0 Å². The smallest absolute Gasteiger partial charge is 0.0312 e. The van der Waals surface area contributed by atoms with Crippen LogP contribution in [0.15, 0.2) is 24.5 Å². The van der Waals surface area contributed by atoms with Gasteiger partial charge in [0, 0.05) is 18.9 Å². The number of hydrogen-bond acceptors (Lipinski definition) is 2. The van der Waals surface area contributed by atoms with E-state index in [2.05, 4.69) is 44.1 Å². The first-order valence-electron chi connectivity index (χ1n) is 5.60. The Bertz CT molecular complexity index is 274. The normalized spacial score (nSPS) is 13.9. The first kappa shape index (κ1) is 12.2. The Labute approximate surface area is 93.1 Å². The van der Waals surface area contributed by atoms with Crippen LogP contribution in [0.2, 0.25) is 0 Å². The molecule has 2 nitrogen and oxygen atoms in total. The van der Waals surface area contributed by atoms with Crippen LogP contribution in [0.25, 0.3) is 0 Å². The van der Waals surface area contributed by atoms with Crippen LogP contribution in [-0.4, -0.2) is 11.5 Å². The molecule has 1 atom stereocenters. The molecule has 0 aliphatic rings. The van der Waals surface area contributed by atoms with Crippen molar-refractivity contribution in [2.75, 3.05) is 6.54 Å². The van der Waals surface area contributed by atoms with Crippen molar-refractivity contribution in [3.63, 3.8) is 0 Å². The van der Waals surface area contributed by atoms with Crippen LogP contribution in [0.4, 0.5) is 0 Å². The number of pyridine rings is 1. The molecule has 0 bridgehead atoms. The molecule has 0 amide bonds. The fourth-order valence-corrected chi connectivity index (χ4v) is 1.24. The zero-order valence-corrected chi connectivity index (χ0v) is 10.2. The van der Waals surface area contributed by atoms with Crippen LogP contribution in [0.3, 0.4) is 0 Å². The molecule has 1 N–H and O–H groups in total. The van der Waals surface area contributed by atoms with E-state index in [0.717, 1.165) is 13.1 Å². The van der Waals surface area contributed by atoms with Crippen molar-refractivity contribution in [1.29, 1.82) is 0 Å². The average Bonchev–Trinajstić information content (AvgIpc) is 2.18. The molecule has 1 heterocycles. The number of aromatic nitrogens is 1. The maximum Gasteiger partial charge on any atom is 0.0312 e. The monoisotopic (exact) mass is 206 g/mol. The van der Waals surface area contributed by atoms with Crippen LogP contribution in [0.1, 0.15) is 33.3 Å². The van der Waals surface area contributed by atoms with E-state index in [0.29, 0.717) is 11.3 Å². The highest BCUT2D eigenvalue weighted by molar-refractivity contribution is 5.07. The SMILES string of the molecule is CC(CNCc1cccnc1)C(C)(C)C. The second-order valence-corrected chi connectivity index (χ2v) is 5.26. The van der Waals surface area contributed by atoms with Gasteiger partial charge in [-0.1, -0.05) is 33.8 Å². The molecular weight excluding hydrogens is 184 g/mol. The van der Waals surface area contributed by atoms with E-state index in [1.807, 2.05) is 12.3 Å². The van der Waals surface area contributed by atoms with Crippen LogP contribution < -0.4 is 5.32 Å². The van der Waals surface area contributed by atoms with Crippen LogP contribution >= 0.6 is 0 Å². The van der Waals surface area contributed by atoms with Gasteiger partial charge in [0.2, 0.25) is 0 Å². The van der Waals surface area contributed by atoms with E-state index in [4.69, 9.17) is 0 Å². The molecule has 1 aromatic rings. The molecular formula is C13H22N2. The second-order valence-electron chi connectivity index (χ2n) is 5.26. The largest absolute Gasteiger partial charge is 0.312 e. The maximum absolute atomic E-state index is 4.09. The lowest BCUT2D eigenvalue weighted by Gasteiger charge is -2.27. The van der Waals surface area contributed by atoms with Crippen molar-refractivity contribution < 1.29 is 0 Å². The van der Waals surface area contributed by atoms with Gasteiger partial charge in [-0.2, -0.15) is 0 Å². The molecule has 84 valence electrons. The highest BCUT2D eigenvalue weighted by Gasteiger charge is 2.18. The first-order chi connectivity index (χ1) is 7.00. The van der Waals surface area contributed by atoms with Crippen LogP contribution in [0, 0.1) is 11.3 Å². The minimum Gasteiger partial charge on any atom is -0.312 e. The van der Waals surface area contributed by atoms with Crippen molar-refractivity contribution in [3.05, 3.63) is 30.1 Å². The fourth-order valence-electron chi connectivity index (χ4n) is 1.24. The lowest BCUT2D eigenvalue weighted by Crippen LogP contribution is -2.29. The van der Waals surface area contributed by atoms with Gasteiger partial charge in [0.05, 0.1) is 0 Å². The number of nitrogens with one attached hydrogen (secondary N) is 1. The summed E-state index contributed by atoms with van der Waals surface area (Å²) in [5.74, 6) is 0.675. The lowest BCUT2D eigenvalue weighted by atomic mass is 9.82. The average molecular weight is 206 g/mol. The van der Waals surface area contributed by atoms with Gasteiger partial charge in [-0.3, -0.25) is 4.98 Å². The standard InChI is InChI=1S/C13H22N2/c1-11(13(2,3)4)8-15-10-12-6-5-7-14-9-12/h5-7,9,11,15H,8,10H2,1-4H3. The maximum atomic E-state index is 4.09. The molecule has 0 aromatic carbocycles. The quantitative estimate of drug-likeness (QED) is 0.819. The van der Waals surface area contributed by atoms with Crippen molar-refractivity contribution >= 4 is 0 Å². The molecule has 15 heavy (non-hydrogen) atoms. The lowest BCUT2D eigenvalue weighted by molar-refractivity contribution is 0.252. The Morgan fingerprint density at radius 3 is 2.67 bits per heavy atom. The summed E-state index contributed by atoms with van der Waals surface area (Å²) in [6.07, 6.45) is 3.72.